The molecule has 1 aliphatic heterocycles. The van der Waals surface area contributed by atoms with Crippen molar-refractivity contribution in [2.45, 2.75) is 33.2 Å². The van der Waals surface area contributed by atoms with E-state index in [0.717, 1.165) is 56.7 Å². The van der Waals surface area contributed by atoms with Gasteiger partial charge in [0.25, 0.3) is 0 Å². The van der Waals surface area contributed by atoms with Gasteiger partial charge in [-0.05, 0) is 39.3 Å². The van der Waals surface area contributed by atoms with E-state index in [1.807, 2.05) is 18.2 Å². The van der Waals surface area contributed by atoms with E-state index >= 15 is 0 Å². The smallest absolute Gasteiger partial charge is 0.191 e. The number of nitrogens with zero attached hydrogens (tertiary/aromatic N) is 2. The first-order valence-corrected chi connectivity index (χ1v) is 9.56. The molecular formula is C20H34N4O2. The van der Waals surface area contributed by atoms with Crippen LogP contribution in [0.25, 0.3) is 0 Å². The summed E-state index contributed by atoms with van der Waals surface area (Å²) in [6.45, 7) is 15.1. The number of aliphatic imine (C=N–C) groups is 1. The predicted octanol–water partition coefficient (Wildman–Crippen LogP) is 2.04. The maximum absolute atomic E-state index is 5.84. The van der Waals surface area contributed by atoms with Crippen LogP contribution in [0.1, 0.15) is 26.3 Å². The summed E-state index contributed by atoms with van der Waals surface area (Å²) < 4.78 is 11.3. The number of hydrogen-bond acceptors (Lipinski definition) is 4. The second kappa shape index (κ2) is 10.4. The van der Waals surface area contributed by atoms with Crippen LogP contribution in [-0.4, -0.2) is 68.9 Å². The van der Waals surface area contributed by atoms with Gasteiger partial charge in [0.1, 0.15) is 12.4 Å². The number of rotatable bonds is 8. The number of guanidine groups is 1. The van der Waals surface area contributed by atoms with Gasteiger partial charge in [0.2, 0.25) is 0 Å². The van der Waals surface area contributed by atoms with Crippen molar-refractivity contribution >= 4 is 5.96 Å². The minimum atomic E-state index is 0.0176. The molecule has 0 aliphatic carbocycles. The fourth-order valence-electron chi connectivity index (χ4n) is 2.93. The number of nitrogens with one attached hydrogen (secondary N) is 2. The lowest BCUT2D eigenvalue weighted by atomic mass is 10.0. The monoisotopic (exact) mass is 362 g/mol. The van der Waals surface area contributed by atoms with Crippen LogP contribution in [0.2, 0.25) is 0 Å². The zero-order valence-electron chi connectivity index (χ0n) is 16.7. The van der Waals surface area contributed by atoms with Gasteiger partial charge in [0.15, 0.2) is 5.96 Å². The van der Waals surface area contributed by atoms with Gasteiger partial charge < -0.3 is 20.1 Å². The van der Waals surface area contributed by atoms with E-state index in [9.17, 15) is 0 Å². The number of morpholine rings is 1. The fourth-order valence-corrected chi connectivity index (χ4v) is 2.93. The summed E-state index contributed by atoms with van der Waals surface area (Å²) in [5, 5.41) is 6.66. The predicted molar refractivity (Wildman–Crippen MR) is 107 cm³/mol. The summed E-state index contributed by atoms with van der Waals surface area (Å²) in [6, 6.07) is 8.07. The normalized spacial score (nSPS) is 16.4. The van der Waals surface area contributed by atoms with Crippen molar-refractivity contribution in [3.63, 3.8) is 0 Å². The highest BCUT2D eigenvalue weighted by Gasteiger charge is 2.28. The molecule has 0 amide bonds. The lowest BCUT2D eigenvalue weighted by molar-refractivity contribution is -0.00683. The summed E-state index contributed by atoms with van der Waals surface area (Å²) in [7, 11) is 0. The molecule has 2 rings (SSSR count). The first-order valence-electron chi connectivity index (χ1n) is 9.56. The van der Waals surface area contributed by atoms with Gasteiger partial charge in [0.05, 0.1) is 26.3 Å². The van der Waals surface area contributed by atoms with Crippen molar-refractivity contribution in [2.24, 2.45) is 4.99 Å². The standard InChI is InChI=1S/C20H34N4O2/c1-5-21-19(22-10-13-26-18-9-7-6-8-17(18)2)23-16-20(3,4)24-11-14-25-15-12-24/h6-9H,5,10-16H2,1-4H3,(H2,21,22,23). The lowest BCUT2D eigenvalue weighted by Crippen LogP contribution is -2.52. The Balaban J connectivity index is 1.81. The van der Waals surface area contributed by atoms with Crippen molar-refractivity contribution in [3.8, 4) is 5.75 Å². The maximum Gasteiger partial charge on any atom is 0.191 e. The first-order chi connectivity index (χ1) is 12.5. The SMILES string of the molecule is CCNC(=NCC(C)(C)N1CCOCC1)NCCOc1ccccc1C. The van der Waals surface area contributed by atoms with Crippen molar-refractivity contribution in [2.75, 3.05) is 52.5 Å². The molecule has 0 radical (unpaired) electrons. The van der Waals surface area contributed by atoms with Crippen molar-refractivity contribution in [3.05, 3.63) is 29.8 Å². The van der Waals surface area contributed by atoms with Crippen LogP contribution in [0.3, 0.4) is 0 Å². The van der Waals surface area contributed by atoms with Crippen LogP contribution in [0.15, 0.2) is 29.3 Å². The van der Waals surface area contributed by atoms with Gasteiger partial charge in [-0.2, -0.15) is 0 Å². The Kier molecular flexibility index (Phi) is 8.19. The van der Waals surface area contributed by atoms with E-state index in [1.165, 1.54) is 0 Å². The zero-order chi connectivity index (χ0) is 18.8. The van der Waals surface area contributed by atoms with Crippen molar-refractivity contribution in [1.82, 2.24) is 15.5 Å². The Labute approximate surface area is 158 Å². The topological polar surface area (TPSA) is 58.1 Å². The third-order valence-corrected chi connectivity index (χ3v) is 4.58. The molecule has 0 unspecified atom stereocenters. The Bertz CT molecular complexity index is 569. The van der Waals surface area contributed by atoms with Crippen LogP contribution in [0.4, 0.5) is 0 Å². The van der Waals surface area contributed by atoms with E-state index in [-0.39, 0.29) is 5.54 Å². The van der Waals surface area contributed by atoms with Crippen molar-refractivity contribution in [1.29, 1.82) is 0 Å². The first kappa shape index (κ1) is 20.5. The highest BCUT2D eigenvalue weighted by Crippen LogP contribution is 2.17. The second-order valence-corrected chi connectivity index (χ2v) is 7.15. The molecule has 0 bridgehead atoms. The molecule has 146 valence electrons. The second-order valence-electron chi connectivity index (χ2n) is 7.15. The highest BCUT2D eigenvalue weighted by molar-refractivity contribution is 5.79. The quantitative estimate of drug-likeness (QED) is 0.421. The van der Waals surface area contributed by atoms with Gasteiger partial charge in [0, 0.05) is 25.2 Å². The Morgan fingerprint density at radius 3 is 2.65 bits per heavy atom. The highest BCUT2D eigenvalue weighted by atomic mass is 16.5. The van der Waals surface area contributed by atoms with E-state index in [2.05, 4.69) is 49.3 Å². The molecule has 26 heavy (non-hydrogen) atoms. The van der Waals surface area contributed by atoms with Crippen molar-refractivity contribution < 1.29 is 9.47 Å². The molecule has 1 aromatic rings. The van der Waals surface area contributed by atoms with Crippen LogP contribution < -0.4 is 15.4 Å². The van der Waals surface area contributed by atoms with Gasteiger partial charge in [-0.15, -0.1) is 0 Å². The molecule has 1 aromatic carbocycles. The summed E-state index contributed by atoms with van der Waals surface area (Å²) in [6.07, 6.45) is 0. The van der Waals surface area contributed by atoms with E-state index in [0.29, 0.717) is 13.2 Å². The molecule has 1 fully saturated rings. The van der Waals surface area contributed by atoms with Crippen LogP contribution in [0.5, 0.6) is 5.75 Å². The number of aryl methyl sites for hydroxylation is 1. The largest absolute Gasteiger partial charge is 0.491 e. The summed E-state index contributed by atoms with van der Waals surface area (Å²) in [5.41, 5.74) is 1.17. The molecular weight excluding hydrogens is 328 g/mol. The summed E-state index contributed by atoms with van der Waals surface area (Å²) in [4.78, 5) is 7.23. The molecule has 6 nitrogen and oxygen atoms in total. The number of hydrogen-bond donors (Lipinski definition) is 2. The fraction of sp³-hybridized carbons (Fsp3) is 0.650. The molecule has 0 aromatic heterocycles. The molecule has 1 heterocycles. The van der Waals surface area contributed by atoms with E-state index < -0.39 is 0 Å². The summed E-state index contributed by atoms with van der Waals surface area (Å²) >= 11 is 0. The van der Waals surface area contributed by atoms with Crippen LogP contribution in [-0.2, 0) is 4.74 Å². The number of para-hydroxylation sites is 1. The molecule has 1 saturated heterocycles. The number of benzene rings is 1. The molecule has 1 aliphatic rings. The van der Waals surface area contributed by atoms with E-state index in [4.69, 9.17) is 14.5 Å². The third-order valence-electron chi connectivity index (χ3n) is 4.58. The molecule has 0 saturated carbocycles. The average Bonchev–Trinajstić information content (AvgIpc) is 2.65. The summed E-state index contributed by atoms with van der Waals surface area (Å²) in [5.74, 6) is 1.77. The van der Waals surface area contributed by atoms with E-state index in [1.54, 1.807) is 0 Å². The minimum Gasteiger partial charge on any atom is -0.491 e. The lowest BCUT2D eigenvalue weighted by Gasteiger charge is -2.39. The molecule has 6 heteroatoms. The Hall–Kier alpha value is -1.79. The average molecular weight is 363 g/mol. The van der Waals surface area contributed by atoms with Gasteiger partial charge in [-0.25, -0.2) is 0 Å². The van der Waals surface area contributed by atoms with Crippen LogP contribution >= 0.6 is 0 Å². The Morgan fingerprint density at radius 1 is 1.23 bits per heavy atom. The van der Waals surface area contributed by atoms with Crippen LogP contribution in [0, 0.1) is 6.92 Å². The molecule has 0 atom stereocenters. The van der Waals surface area contributed by atoms with Gasteiger partial charge >= 0.3 is 0 Å². The molecule has 0 spiro atoms. The van der Waals surface area contributed by atoms with Gasteiger partial charge in [-0.3, -0.25) is 9.89 Å². The molecule has 2 N–H and O–H groups in total. The Morgan fingerprint density at radius 2 is 1.96 bits per heavy atom. The number of ether oxygens (including phenoxy) is 2. The minimum absolute atomic E-state index is 0.0176. The maximum atomic E-state index is 5.84. The third kappa shape index (κ3) is 6.50. The zero-order valence-corrected chi connectivity index (χ0v) is 16.7. The van der Waals surface area contributed by atoms with Gasteiger partial charge in [-0.1, -0.05) is 18.2 Å².